The molecule has 0 heterocycles. The molecule has 0 amide bonds. The zero-order chi connectivity index (χ0) is 12.1. The highest BCUT2D eigenvalue weighted by Gasteiger charge is 2.02. The summed E-state index contributed by atoms with van der Waals surface area (Å²) in [5.41, 5.74) is 3.36. The fourth-order valence-electron chi connectivity index (χ4n) is 1.99. The molecule has 0 radical (unpaired) electrons. The number of hydrogen-bond acceptors (Lipinski definition) is 0. The van der Waals surface area contributed by atoms with E-state index in [0.717, 1.165) is 24.8 Å². The van der Waals surface area contributed by atoms with Gasteiger partial charge < -0.3 is 0 Å². The van der Waals surface area contributed by atoms with Crippen LogP contribution >= 0.6 is 0 Å². The second-order valence-electron chi connectivity index (χ2n) is 4.26. The molecule has 2 aromatic rings. The van der Waals surface area contributed by atoms with Gasteiger partial charge in [-0.25, -0.2) is 4.39 Å². The lowest BCUT2D eigenvalue weighted by Gasteiger charge is -2.05. The van der Waals surface area contributed by atoms with Gasteiger partial charge in [0.1, 0.15) is 5.82 Å². The molecule has 0 N–H and O–H groups in total. The van der Waals surface area contributed by atoms with Gasteiger partial charge in [-0.05, 0) is 42.0 Å². The first-order chi connectivity index (χ1) is 8.29. The highest BCUT2D eigenvalue weighted by molar-refractivity contribution is 5.26. The monoisotopic (exact) mass is 228 g/mol. The van der Waals surface area contributed by atoms with Crippen molar-refractivity contribution < 1.29 is 4.39 Å². The van der Waals surface area contributed by atoms with Crippen LogP contribution in [0.15, 0.2) is 48.5 Å². The topological polar surface area (TPSA) is 0 Å². The van der Waals surface area contributed by atoms with Crippen molar-refractivity contribution in [3.05, 3.63) is 71.0 Å². The third-order valence-electron chi connectivity index (χ3n) is 3.04. The molecule has 0 aromatic heterocycles. The van der Waals surface area contributed by atoms with Gasteiger partial charge in [0.15, 0.2) is 0 Å². The number of aryl methyl sites for hydroxylation is 3. The summed E-state index contributed by atoms with van der Waals surface area (Å²) in [6.45, 7) is 1.99. The van der Waals surface area contributed by atoms with E-state index in [0.29, 0.717) is 0 Å². The molecule has 0 aliphatic heterocycles. The lowest BCUT2D eigenvalue weighted by molar-refractivity contribution is 0.611. The summed E-state index contributed by atoms with van der Waals surface area (Å²) >= 11 is 0. The Labute approximate surface area is 102 Å². The summed E-state index contributed by atoms with van der Waals surface area (Å²) in [6.07, 6.45) is 2.73. The van der Waals surface area contributed by atoms with Gasteiger partial charge in [0, 0.05) is 0 Å². The van der Waals surface area contributed by atoms with Crippen LogP contribution in [-0.2, 0) is 19.3 Å². The van der Waals surface area contributed by atoms with Crippen LogP contribution in [0.4, 0.5) is 4.39 Å². The predicted molar refractivity (Wildman–Crippen MR) is 69.6 cm³/mol. The van der Waals surface area contributed by atoms with Crippen LogP contribution in [0.25, 0.3) is 0 Å². The Balaban J connectivity index is 2.04. The molecule has 88 valence electrons. The standard InChI is InChI=1S/C16H17F/c1-2-15-12-14(10-11-16(15)17)9-8-13-6-4-3-5-7-13/h3-7,10-12H,2,8-9H2,1H3. The number of benzene rings is 2. The Morgan fingerprint density at radius 3 is 2.29 bits per heavy atom. The van der Waals surface area contributed by atoms with E-state index < -0.39 is 0 Å². The zero-order valence-corrected chi connectivity index (χ0v) is 10.1. The quantitative estimate of drug-likeness (QED) is 0.736. The average molecular weight is 228 g/mol. The van der Waals surface area contributed by atoms with Crippen molar-refractivity contribution in [2.75, 3.05) is 0 Å². The van der Waals surface area contributed by atoms with Crippen molar-refractivity contribution >= 4 is 0 Å². The summed E-state index contributed by atoms with van der Waals surface area (Å²) in [5, 5.41) is 0. The van der Waals surface area contributed by atoms with Gasteiger partial charge in [0.25, 0.3) is 0 Å². The van der Waals surface area contributed by atoms with Crippen molar-refractivity contribution in [1.29, 1.82) is 0 Å². The molecule has 0 fully saturated rings. The summed E-state index contributed by atoms with van der Waals surface area (Å²) in [4.78, 5) is 0. The van der Waals surface area contributed by atoms with E-state index in [9.17, 15) is 4.39 Å². The van der Waals surface area contributed by atoms with Crippen LogP contribution in [0, 0.1) is 5.82 Å². The molecule has 0 atom stereocenters. The Hall–Kier alpha value is -1.63. The van der Waals surface area contributed by atoms with E-state index >= 15 is 0 Å². The first-order valence-corrected chi connectivity index (χ1v) is 6.11. The molecule has 0 saturated carbocycles. The lowest BCUT2D eigenvalue weighted by Crippen LogP contribution is -1.94. The maximum Gasteiger partial charge on any atom is 0.126 e. The molecule has 2 aromatic carbocycles. The molecule has 1 heteroatoms. The van der Waals surface area contributed by atoms with Gasteiger partial charge in [-0.15, -0.1) is 0 Å². The minimum atomic E-state index is -0.0871. The van der Waals surface area contributed by atoms with E-state index in [1.165, 1.54) is 11.1 Å². The van der Waals surface area contributed by atoms with Crippen molar-refractivity contribution in [3.8, 4) is 0 Å². The molecule has 0 nitrogen and oxygen atoms in total. The number of hydrogen-bond donors (Lipinski definition) is 0. The maximum atomic E-state index is 13.3. The highest BCUT2D eigenvalue weighted by atomic mass is 19.1. The molecule has 0 unspecified atom stereocenters. The van der Waals surface area contributed by atoms with E-state index in [4.69, 9.17) is 0 Å². The lowest BCUT2D eigenvalue weighted by atomic mass is 10.0. The SMILES string of the molecule is CCc1cc(CCc2ccccc2)ccc1F. The van der Waals surface area contributed by atoms with Crippen LogP contribution in [0.3, 0.4) is 0 Å². The van der Waals surface area contributed by atoms with Gasteiger partial charge in [-0.3, -0.25) is 0 Å². The second-order valence-corrected chi connectivity index (χ2v) is 4.26. The molecule has 0 spiro atoms. The predicted octanol–water partition coefficient (Wildman–Crippen LogP) is 4.17. The van der Waals surface area contributed by atoms with Gasteiger partial charge >= 0.3 is 0 Å². The molecule has 2 rings (SSSR count). The number of rotatable bonds is 4. The Morgan fingerprint density at radius 2 is 1.59 bits per heavy atom. The summed E-state index contributed by atoms with van der Waals surface area (Å²) in [7, 11) is 0. The van der Waals surface area contributed by atoms with Gasteiger partial charge in [0.2, 0.25) is 0 Å². The average Bonchev–Trinajstić information content (AvgIpc) is 2.39. The molecule has 0 aliphatic carbocycles. The third kappa shape index (κ3) is 3.16. The van der Waals surface area contributed by atoms with Gasteiger partial charge in [-0.1, -0.05) is 49.4 Å². The van der Waals surface area contributed by atoms with E-state index in [1.807, 2.05) is 25.1 Å². The maximum absolute atomic E-state index is 13.3. The minimum Gasteiger partial charge on any atom is -0.207 e. The Bertz CT molecular complexity index is 474. The van der Waals surface area contributed by atoms with Crippen LogP contribution in [-0.4, -0.2) is 0 Å². The normalized spacial score (nSPS) is 10.5. The van der Waals surface area contributed by atoms with Gasteiger partial charge in [-0.2, -0.15) is 0 Å². The smallest absolute Gasteiger partial charge is 0.126 e. The van der Waals surface area contributed by atoms with Crippen LogP contribution in [0.1, 0.15) is 23.6 Å². The fraction of sp³-hybridized carbons (Fsp3) is 0.250. The minimum absolute atomic E-state index is 0.0871. The van der Waals surface area contributed by atoms with Crippen molar-refractivity contribution in [2.24, 2.45) is 0 Å². The van der Waals surface area contributed by atoms with E-state index in [-0.39, 0.29) is 5.82 Å². The Kier molecular flexibility index (Phi) is 3.92. The van der Waals surface area contributed by atoms with Crippen LogP contribution in [0.2, 0.25) is 0 Å². The number of halogens is 1. The van der Waals surface area contributed by atoms with Crippen molar-refractivity contribution in [2.45, 2.75) is 26.2 Å². The van der Waals surface area contributed by atoms with Crippen LogP contribution in [0.5, 0.6) is 0 Å². The summed E-state index contributed by atoms with van der Waals surface area (Å²) in [6, 6.07) is 15.8. The first kappa shape index (κ1) is 11.8. The first-order valence-electron chi connectivity index (χ1n) is 6.11. The van der Waals surface area contributed by atoms with Crippen molar-refractivity contribution in [3.63, 3.8) is 0 Å². The zero-order valence-electron chi connectivity index (χ0n) is 10.1. The van der Waals surface area contributed by atoms with Gasteiger partial charge in [0.05, 0.1) is 0 Å². The molecule has 0 aliphatic rings. The van der Waals surface area contributed by atoms with Crippen LogP contribution < -0.4 is 0 Å². The van der Waals surface area contributed by atoms with E-state index in [2.05, 4.69) is 24.3 Å². The third-order valence-corrected chi connectivity index (χ3v) is 3.04. The summed E-state index contributed by atoms with van der Waals surface area (Å²) in [5.74, 6) is -0.0871. The largest absolute Gasteiger partial charge is 0.207 e. The molecule has 0 saturated heterocycles. The summed E-state index contributed by atoms with van der Waals surface area (Å²) < 4.78 is 13.3. The highest BCUT2D eigenvalue weighted by Crippen LogP contribution is 2.13. The fourth-order valence-corrected chi connectivity index (χ4v) is 1.99. The molecule has 17 heavy (non-hydrogen) atoms. The van der Waals surface area contributed by atoms with Crippen molar-refractivity contribution in [1.82, 2.24) is 0 Å². The molecule has 0 bridgehead atoms. The second kappa shape index (κ2) is 5.62. The Morgan fingerprint density at radius 1 is 0.882 bits per heavy atom. The molecular weight excluding hydrogens is 211 g/mol. The molecular formula is C16H17F. The van der Waals surface area contributed by atoms with E-state index in [1.54, 1.807) is 6.07 Å².